The summed E-state index contributed by atoms with van der Waals surface area (Å²) >= 11 is 0. The lowest BCUT2D eigenvalue weighted by molar-refractivity contribution is -0.135. The number of hydrogen-bond donors (Lipinski definition) is 2. The van der Waals surface area contributed by atoms with Gasteiger partial charge in [-0.1, -0.05) is 31.4 Å². The number of para-hydroxylation sites is 1. The number of carbonyl (C=O) groups is 1. The highest BCUT2D eigenvalue weighted by molar-refractivity contribution is 14.0. The van der Waals surface area contributed by atoms with Crippen molar-refractivity contribution >= 4 is 35.8 Å². The Balaban J connectivity index is 0.00000320. The number of guanidine groups is 1. The van der Waals surface area contributed by atoms with E-state index in [1.165, 1.54) is 19.3 Å². The highest BCUT2D eigenvalue weighted by atomic mass is 127. The monoisotopic (exact) mass is 530 g/mol. The van der Waals surface area contributed by atoms with Crippen LogP contribution in [0.1, 0.15) is 44.1 Å². The number of aliphatic imine (C=N–C) groups is 1. The lowest BCUT2D eigenvalue weighted by atomic mass is 9.88. The fourth-order valence-corrected chi connectivity index (χ4v) is 4.35. The maximum absolute atomic E-state index is 12.8. The Labute approximate surface area is 197 Å². The molecule has 0 bridgehead atoms. The van der Waals surface area contributed by atoms with E-state index >= 15 is 0 Å². The Bertz CT molecular complexity index is 722. The minimum atomic E-state index is 0. The number of rotatable bonds is 6. The minimum Gasteiger partial charge on any atom is -0.493 e. The molecule has 1 aromatic rings. The van der Waals surface area contributed by atoms with Crippen LogP contribution in [0.3, 0.4) is 0 Å². The molecule has 2 aliphatic rings. The normalized spacial score (nSPS) is 19.8. The van der Waals surface area contributed by atoms with E-state index in [4.69, 9.17) is 9.47 Å². The second-order valence-corrected chi connectivity index (χ2v) is 7.83. The van der Waals surface area contributed by atoms with Gasteiger partial charge >= 0.3 is 0 Å². The third kappa shape index (κ3) is 6.15. The molecule has 30 heavy (non-hydrogen) atoms. The van der Waals surface area contributed by atoms with E-state index < -0.39 is 0 Å². The van der Waals surface area contributed by atoms with Gasteiger partial charge in [-0.2, -0.15) is 0 Å². The lowest BCUT2D eigenvalue weighted by Crippen LogP contribution is -2.45. The molecule has 1 saturated heterocycles. The summed E-state index contributed by atoms with van der Waals surface area (Å²) in [5.41, 5.74) is 0.996. The predicted octanol–water partition coefficient (Wildman–Crippen LogP) is 3.17. The van der Waals surface area contributed by atoms with Crippen molar-refractivity contribution in [2.45, 2.75) is 51.1 Å². The van der Waals surface area contributed by atoms with Gasteiger partial charge in [-0.25, -0.2) is 0 Å². The second-order valence-electron chi connectivity index (χ2n) is 7.83. The van der Waals surface area contributed by atoms with Crippen molar-refractivity contribution in [2.75, 3.05) is 34.4 Å². The first-order valence-electron chi connectivity index (χ1n) is 10.6. The van der Waals surface area contributed by atoms with Crippen LogP contribution in [0, 0.1) is 5.92 Å². The molecule has 1 unspecified atom stereocenters. The topological polar surface area (TPSA) is 75.2 Å². The molecule has 1 aliphatic carbocycles. The Morgan fingerprint density at radius 2 is 1.93 bits per heavy atom. The molecular weight excluding hydrogens is 495 g/mol. The molecule has 1 heterocycles. The Kier molecular flexibility index (Phi) is 10.0. The zero-order valence-corrected chi connectivity index (χ0v) is 20.6. The molecule has 168 valence electrons. The van der Waals surface area contributed by atoms with Crippen molar-refractivity contribution in [3.63, 3.8) is 0 Å². The molecule has 2 N–H and O–H groups in total. The van der Waals surface area contributed by atoms with Gasteiger partial charge in [0.1, 0.15) is 0 Å². The second kappa shape index (κ2) is 12.2. The summed E-state index contributed by atoms with van der Waals surface area (Å²) in [5, 5.41) is 6.81. The summed E-state index contributed by atoms with van der Waals surface area (Å²) in [6.45, 7) is 2.14. The number of amides is 1. The average Bonchev–Trinajstić information content (AvgIpc) is 3.24. The molecule has 8 heteroatoms. The van der Waals surface area contributed by atoms with Crippen LogP contribution < -0.4 is 20.1 Å². The Morgan fingerprint density at radius 3 is 2.60 bits per heavy atom. The van der Waals surface area contributed by atoms with Crippen molar-refractivity contribution in [3.8, 4) is 11.5 Å². The van der Waals surface area contributed by atoms with Crippen LogP contribution in [0.15, 0.2) is 23.2 Å². The average molecular weight is 530 g/mol. The van der Waals surface area contributed by atoms with Crippen molar-refractivity contribution < 1.29 is 14.3 Å². The molecule has 2 fully saturated rings. The van der Waals surface area contributed by atoms with Crippen LogP contribution in [0.2, 0.25) is 0 Å². The predicted molar refractivity (Wildman–Crippen MR) is 130 cm³/mol. The van der Waals surface area contributed by atoms with Gasteiger partial charge in [-0.05, 0) is 25.3 Å². The Hall–Kier alpha value is -1.71. The van der Waals surface area contributed by atoms with Crippen LogP contribution in [0.25, 0.3) is 0 Å². The number of methoxy groups -OCH3 is 2. The molecule has 1 aliphatic heterocycles. The summed E-state index contributed by atoms with van der Waals surface area (Å²) < 4.78 is 10.9. The first kappa shape index (κ1) is 24.6. The van der Waals surface area contributed by atoms with E-state index in [-0.39, 0.29) is 35.9 Å². The van der Waals surface area contributed by atoms with E-state index in [0.717, 1.165) is 49.6 Å². The third-order valence-electron chi connectivity index (χ3n) is 5.95. The Morgan fingerprint density at radius 1 is 1.17 bits per heavy atom. The smallest absolute Gasteiger partial charge is 0.225 e. The molecule has 0 spiro atoms. The number of halogens is 1. The van der Waals surface area contributed by atoms with Gasteiger partial charge in [0.05, 0.1) is 14.2 Å². The number of ether oxygens (including phenoxy) is 2. The van der Waals surface area contributed by atoms with Crippen LogP contribution in [-0.2, 0) is 11.3 Å². The molecule has 1 atom stereocenters. The van der Waals surface area contributed by atoms with Gasteiger partial charge in [0, 0.05) is 44.2 Å². The number of likely N-dealkylation sites (tertiary alicyclic amines) is 1. The molecular formula is C22H35IN4O3. The van der Waals surface area contributed by atoms with Crippen molar-refractivity contribution in [2.24, 2.45) is 10.9 Å². The molecule has 1 aromatic carbocycles. The molecule has 0 radical (unpaired) electrons. The van der Waals surface area contributed by atoms with Crippen molar-refractivity contribution in [1.29, 1.82) is 0 Å². The molecule has 7 nitrogen and oxygen atoms in total. The van der Waals surface area contributed by atoms with Gasteiger partial charge in [0.2, 0.25) is 5.91 Å². The molecule has 1 amide bonds. The quantitative estimate of drug-likeness (QED) is 0.336. The van der Waals surface area contributed by atoms with Crippen molar-refractivity contribution in [3.05, 3.63) is 23.8 Å². The number of carbonyl (C=O) groups excluding carboxylic acids is 1. The van der Waals surface area contributed by atoms with E-state index in [1.54, 1.807) is 21.3 Å². The van der Waals surface area contributed by atoms with E-state index in [1.807, 2.05) is 23.1 Å². The maximum Gasteiger partial charge on any atom is 0.225 e. The van der Waals surface area contributed by atoms with Gasteiger partial charge in [-0.3, -0.25) is 9.79 Å². The number of hydrogen-bond acceptors (Lipinski definition) is 4. The summed E-state index contributed by atoms with van der Waals surface area (Å²) in [5.74, 6) is 2.75. The van der Waals surface area contributed by atoms with Crippen molar-refractivity contribution in [1.82, 2.24) is 15.5 Å². The minimum absolute atomic E-state index is 0. The number of nitrogens with one attached hydrogen (secondary N) is 2. The molecule has 1 saturated carbocycles. The van der Waals surface area contributed by atoms with Crippen LogP contribution in [0.4, 0.5) is 0 Å². The largest absolute Gasteiger partial charge is 0.493 e. The van der Waals surface area contributed by atoms with Gasteiger partial charge in [0.25, 0.3) is 0 Å². The SMILES string of the molecule is CN=C(NCc1cccc(OC)c1OC)NC1CCN(C(=O)C2CCCCC2)C1.I. The standard InChI is InChI=1S/C22H34N4O3.HI/c1-23-22(24-14-17-10-7-11-19(28-2)20(17)29-3)25-18-12-13-26(15-18)21(27)16-8-5-4-6-9-16;/h7,10-11,16,18H,4-6,8-9,12-15H2,1-3H3,(H2,23,24,25);1H. The van der Waals surface area contributed by atoms with E-state index in [0.29, 0.717) is 18.2 Å². The summed E-state index contributed by atoms with van der Waals surface area (Å²) in [7, 11) is 5.04. The van der Waals surface area contributed by atoms with Gasteiger partial charge in [0.15, 0.2) is 17.5 Å². The zero-order valence-electron chi connectivity index (χ0n) is 18.3. The number of benzene rings is 1. The fraction of sp³-hybridized carbons (Fsp3) is 0.636. The fourth-order valence-electron chi connectivity index (χ4n) is 4.35. The summed E-state index contributed by atoms with van der Waals surface area (Å²) in [4.78, 5) is 19.1. The highest BCUT2D eigenvalue weighted by Crippen LogP contribution is 2.30. The first-order valence-corrected chi connectivity index (χ1v) is 10.6. The van der Waals surface area contributed by atoms with E-state index in [9.17, 15) is 4.79 Å². The van der Waals surface area contributed by atoms with E-state index in [2.05, 4.69) is 15.6 Å². The van der Waals surface area contributed by atoms with Gasteiger partial charge in [-0.15, -0.1) is 24.0 Å². The third-order valence-corrected chi connectivity index (χ3v) is 5.95. The summed E-state index contributed by atoms with van der Waals surface area (Å²) in [6.07, 6.45) is 6.71. The van der Waals surface area contributed by atoms with Crippen LogP contribution in [-0.4, -0.2) is 57.2 Å². The molecule has 0 aromatic heterocycles. The lowest BCUT2D eigenvalue weighted by Gasteiger charge is -2.26. The first-order chi connectivity index (χ1) is 14.2. The highest BCUT2D eigenvalue weighted by Gasteiger charge is 2.31. The van der Waals surface area contributed by atoms with Crippen LogP contribution in [0.5, 0.6) is 11.5 Å². The summed E-state index contributed by atoms with van der Waals surface area (Å²) in [6, 6.07) is 6.05. The number of nitrogens with zero attached hydrogens (tertiary/aromatic N) is 2. The maximum atomic E-state index is 12.8. The van der Waals surface area contributed by atoms with Gasteiger partial charge < -0.3 is 25.0 Å². The van der Waals surface area contributed by atoms with Crippen LogP contribution >= 0.6 is 24.0 Å². The zero-order chi connectivity index (χ0) is 20.6. The molecule has 3 rings (SSSR count).